The molecule has 1 atom stereocenters. The highest BCUT2D eigenvalue weighted by atomic mass is 32.1. The third-order valence-corrected chi connectivity index (χ3v) is 4.86. The van der Waals surface area contributed by atoms with Crippen LogP contribution in [-0.4, -0.2) is 23.0 Å². The Hall–Kier alpha value is -1.63. The van der Waals surface area contributed by atoms with Crippen LogP contribution in [0.2, 0.25) is 0 Å². The summed E-state index contributed by atoms with van der Waals surface area (Å²) in [6.07, 6.45) is 4.50. The average molecular weight is 296 g/mol. The van der Waals surface area contributed by atoms with Gasteiger partial charge in [-0.3, -0.25) is 9.88 Å². The maximum atomic E-state index is 4.23. The molecule has 21 heavy (non-hydrogen) atoms. The van der Waals surface area contributed by atoms with Gasteiger partial charge in [-0.1, -0.05) is 37.0 Å². The zero-order chi connectivity index (χ0) is 14.5. The smallest absolute Gasteiger partial charge is 0.108 e. The molecule has 2 aromatic rings. The minimum absolute atomic E-state index is 0.185. The minimum atomic E-state index is 0.185. The lowest BCUT2D eigenvalue weighted by molar-refractivity contribution is 0.167. The highest BCUT2D eigenvalue weighted by molar-refractivity contribution is 7.09. The van der Waals surface area contributed by atoms with Gasteiger partial charge in [0, 0.05) is 11.8 Å². The molecular weight excluding hydrogens is 276 g/mol. The van der Waals surface area contributed by atoms with E-state index in [4.69, 9.17) is 0 Å². The van der Waals surface area contributed by atoms with Crippen molar-refractivity contribution in [2.45, 2.75) is 25.8 Å². The topological polar surface area (TPSA) is 16.1 Å². The average Bonchev–Trinajstić information content (AvgIpc) is 3.04. The Kier molecular flexibility index (Phi) is 4.69. The zero-order valence-electron chi connectivity index (χ0n) is 12.3. The fourth-order valence-electron chi connectivity index (χ4n) is 2.66. The molecule has 1 unspecified atom stereocenters. The Bertz CT molecular complexity index is 602. The molecule has 0 saturated carbocycles. The van der Waals surface area contributed by atoms with Gasteiger partial charge in [-0.2, -0.15) is 0 Å². The van der Waals surface area contributed by atoms with Gasteiger partial charge in [0.05, 0.1) is 10.4 Å². The first-order valence-corrected chi connectivity index (χ1v) is 8.40. The number of nitrogens with zero attached hydrogens (tertiary/aromatic N) is 2. The van der Waals surface area contributed by atoms with Crippen LogP contribution in [0.5, 0.6) is 0 Å². The van der Waals surface area contributed by atoms with E-state index in [1.807, 2.05) is 29.9 Å². The number of likely N-dealkylation sites (tertiary alicyclic amines) is 1. The van der Waals surface area contributed by atoms with E-state index >= 15 is 0 Å². The van der Waals surface area contributed by atoms with Crippen molar-refractivity contribution in [3.05, 3.63) is 52.5 Å². The van der Waals surface area contributed by atoms with Crippen LogP contribution in [0.4, 0.5) is 0 Å². The molecule has 3 heteroatoms. The van der Waals surface area contributed by atoms with E-state index in [0.717, 1.165) is 24.6 Å². The first kappa shape index (κ1) is 14.3. The first-order chi connectivity index (χ1) is 10.3. The number of rotatable bonds is 2. The van der Waals surface area contributed by atoms with Crippen molar-refractivity contribution in [2.75, 3.05) is 13.1 Å². The van der Waals surface area contributed by atoms with Crippen molar-refractivity contribution in [1.82, 2.24) is 9.88 Å². The molecule has 3 rings (SSSR count). The molecule has 1 saturated heterocycles. The summed E-state index contributed by atoms with van der Waals surface area (Å²) >= 11 is 1.71. The lowest BCUT2D eigenvalue weighted by Crippen LogP contribution is -2.35. The fourth-order valence-corrected chi connectivity index (χ4v) is 3.37. The number of thiazole rings is 1. The van der Waals surface area contributed by atoms with Crippen LogP contribution in [0.1, 0.15) is 36.2 Å². The summed E-state index contributed by atoms with van der Waals surface area (Å²) < 4.78 is 0. The Morgan fingerprint density at radius 3 is 2.67 bits per heavy atom. The molecule has 108 valence electrons. The van der Waals surface area contributed by atoms with Gasteiger partial charge in [-0.15, -0.1) is 11.3 Å². The Balaban J connectivity index is 1.82. The minimum Gasteiger partial charge on any atom is -0.285 e. The highest BCUT2D eigenvalue weighted by Gasteiger charge is 2.24. The van der Waals surface area contributed by atoms with E-state index in [-0.39, 0.29) is 6.04 Å². The lowest BCUT2D eigenvalue weighted by atomic mass is 9.97. The Labute approximate surface area is 130 Å². The molecule has 0 spiro atoms. The second kappa shape index (κ2) is 6.89. The van der Waals surface area contributed by atoms with Gasteiger partial charge in [0.25, 0.3) is 0 Å². The van der Waals surface area contributed by atoms with Gasteiger partial charge in [0.1, 0.15) is 6.04 Å². The Morgan fingerprint density at radius 2 is 2.00 bits per heavy atom. The SMILES string of the molecule is CC1CCN(C(C#Cc2ccccc2)c2cncs2)CC1. The van der Waals surface area contributed by atoms with Gasteiger partial charge < -0.3 is 0 Å². The zero-order valence-corrected chi connectivity index (χ0v) is 13.1. The summed E-state index contributed by atoms with van der Waals surface area (Å²) in [6.45, 7) is 4.61. The summed E-state index contributed by atoms with van der Waals surface area (Å²) in [5.74, 6) is 7.64. The summed E-state index contributed by atoms with van der Waals surface area (Å²) in [7, 11) is 0. The summed E-state index contributed by atoms with van der Waals surface area (Å²) in [5, 5.41) is 0. The molecule has 2 heterocycles. The molecule has 1 fully saturated rings. The third kappa shape index (κ3) is 3.72. The van der Waals surface area contributed by atoms with Crippen molar-refractivity contribution < 1.29 is 0 Å². The maximum Gasteiger partial charge on any atom is 0.108 e. The summed E-state index contributed by atoms with van der Waals surface area (Å²) in [6, 6.07) is 10.4. The molecule has 1 aromatic carbocycles. The highest BCUT2D eigenvalue weighted by Crippen LogP contribution is 2.28. The largest absolute Gasteiger partial charge is 0.285 e. The van der Waals surface area contributed by atoms with Gasteiger partial charge in [-0.25, -0.2) is 0 Å². The van der Waals surface area contributed by atoms with Crippen LogP contribution >= 0.6 is 11.3 Å². The van der Waals surface area contributed by atoms with Crippen LogP contribution < -0.4 is 0 Å². The summed E-state index contributed by atoms with van der Waals surface area (Å²) in [4.78, 5) is 7.99. The predicted octanol–water partition coefficient (Wildman–Crippen LogP) is 3.97. The number of piperidine rings is 1. The third-order valence-electron chi connectivity index (χ3n) is 4.03. The van der Waals surface area contributed by atoms with E-state index in [1.54, 1.807) is 11.3 Å². The van der Waals surface area contributed by atoms with Crippen molar-refractivity contribution in [3.8, 4) is 11.8 Å². The molecule has 0 radical (unpaired) electrons. The first-order valence-electron chi connectivity index (χ1n) is 7.52. The molecule has 1 aliphatic rings. The van der Waals surface area contributed by atoms with Gasteiger partial charge >= 0.3 is 0 Å². The van der Waals surface area contributed by atoms with E-state index in [1.165, 1.54) is 17.7 Å². The number of aromatic nitrogens is 1. The van der Waals surface area contributed by atoms with Crippen molar-refractivity contribution >= 4 is 11.3 Å². The predicted molar refractivity (Wildman–Crippen MR) is 88.1 cm³/mol. The number of hydrogen-bond donors (Lipinski definition) is 0. The van der Waals surface area contributed by atoms with Crippen molar-refractivity contribution in [2.24, 2.45) is 5.92 Å². The van der Waals surface area contributed by atoms with Gasteiger partial charge in [0.15, 0.2) is 0 Å². The molecule has 0 bridgehead atoms. The molecule has 0 amide bonds. The second-order valence-electron chi connectivity index (χ2n) is 5.66. The number of hydrogen-bond acceptors (Lipinski definition) is 3. The molecule has 0 N–H and O–H groups in total. The lowest BCUT2D eigenvalue weighted by Gasteiger charge is -2.33. The molecule has 1 aromatic heterocycles. The monoisotopic (exact) mass is 296 g/mol. The van der Waals surface area contributed by atoms with Crippen molar-refractivity contribution in [1.29, 1.82) is 0 Å². The van der Waals surface area contributed by atoms with Crippen LogP contribution in [0.15, 0.2) is 42.0 Å². The van der Waals surface area contributed by atoms with Crippen LogP contribution in [0.25, 0.3) is 0 Å². The molecule has 1 aliphatic heterocycles. The van der Waals surface area contributed by atoms with E-state index < -0.39 is 0 Å². The molecule has 2 nitrogen and oxygen atoms in total. The van der Waals surface area contributed by atoms with Crippen molar-refractivity contribution in [3.63, 3.8) is 0 Å². The Morgan fingerprint density at radius 1 is 1.24 bits per heavy atom. The fraction of sp³-hybridized carbons (Fsp3) is 0.389. The van der Waals surface area contributed by atoms with E-state index in [2.05, 4.69) is 40.8 Å². The quantitative estimate of drug-likeness (QED) is 0.780. The second-order valence-corrected chi connectivity index (χ2v) is 6.58. The normalized spacial score (nSPS) is 18.0. The standard InChI is InChI=1S/C18H20N2S/c1-15-9-11-20(12-10-15)17(18-13-19-14-21-18)8-7-16-5-3-2-4-6-16/h2-6,13-15,17H,9-12H2,1H3. The molecule has 0 aliphatic carbocycles. The maximum absolute atomic E-state index is 4.23. The van der Waals surface area contributed by atoms with Crippen LogP contribution in [0.3, 0.4) is 0 Å². The van der Waals surface area contributed by atoms with Crippen LogP contribution in [-0.2, 0) is 0 Å². The summed E-state index contributed by atoms with van der Waals surface area (Å²) in [5.41, 5.74) is 2.98. The van der Waals surface area contributed by atoms with E-state index in [0.29, 0.717) is 0 Å². The van der Waals surface area contributed by atoms with Gasteiger partial charge in [-0.05, 0) is 44.0 Å². The number of benzene rings is 1. The molecular formula is C18H20N2S. The van der Waals surface area contributed by atoms with Gasteiger partial charge in [0.2, 0.25) is 0 Å². The van der Waals surface area contributed by atoms with E-state index in [9.17, 15) is 0 Å². The van der Waals surface area contributed by atoms with Crippen LogP contribution in [0, 0.1) is 17.8 Å².